The average Bonchev–Trinajstić information content (AvgIpc) is 2.88. The van der Waals surface area contributed by atoms with Crippen molar-refractivity contribution in [2.24, 2.45) is 5.73 Å². The number of amides is 1. The molecule has 0 fully saturated rings. The van der Waals surface area contributed by atoms with Gasteiger partial charge in [-0.05, 0) is 18.2 Å². The maximum atomic E-state index is 13.0. The molecular weight excluding hydrogens is 261 g/mol. The third kappa shape index (κ3) is 2.28. The SMILES string of the molecule is NC(=O)c1cnn(Nc2cnc3cc(F)ccc3c2)c1. The molecule has 6 nitrogen and oxygen atoms in total. The molecule has 0 atom stereocenters. The second-order valence-corrected chi connectivity index (χ2v) is 4.21. The number of halogens is 1. The lowest BCUT2D eigenvalue weighted by Crippen LogP contribution is -2.12. The van der Waals surface area contributed by atoms with Crippen molar-refractivity contribution in [3.05, 3.63) is 54.2 Å². The molecule has 100 valence electrons. The molecule has 2 heterocycles. The first-order chi connectivity index (χ1) is 9.61. The normalized spacial score (nSPS) is 10.7. The Morgan fingerprint density at radius 3 is 2.90 bits per heavy atom. The molecule has 0 saturated heterocycles. The number of carbonyl (C=O) groups is 1. The van der Waals surface area contributed by atoms with Gasteiger partial charge < -0.3 is 5.73 Å². The van der Waals surface area contributed by atoms with Crippen molar-refractivity contribution in [3.63, 3.8) is 0 Å². The van der Waals surface area contributed by atoms with Gasteiger partial charge >= 0.3 is 0 Å². The standard InChI is InChI=1S/C13H10FN5O/c14-10-2-1-8-3-11(6-16-12(8)4-10)18-19-7-9(5-17-19)13(15)20/h1-7,18H,(H2,15,20). The molecule has 1 aromatic carbocycles. The third-order valence-corrected chi connectivity index (χ3v) is 2.76. The Labute approximate surface area is 113 Å². The first kappa shape index (κ1) is 12.1. The number of nitrogens with zero attached hydrogens (tertiary/aromatic N) is 3. The average molecular weight is 271 g/mol. The van der Waals surface area contributed by atoms with Crippen molar-refractivity contribution in [1.82, 2.24) is 14.9 Å². The van der Waals surface area contributed by atoms with Gasteiger partial charge in [-0.3, -0.25) is 15.2 Å². The van der Waals surface area contributed by atoms with Crippen molar-refractivity contribution in [2.75, 3.05) is 5.43 Å². The molecule has 2 aromatic heterocycles. The molecule has 7 heteroatoms. The summed E-state index contributed by atoms with van der Waals surface area (Å²) in [5.41, 5.74) is 9.59. The number of hydrogen-bond acceptors (Lipinski definition) is 4. The number of nitrogens with two attached hydrogens (primary N) is 1. The van der Waals surface area contributed by atoms with Gasteiger partial charge in [0.05, 0.1) is 35.4 Å². The van der Waals surface area contributed by atoms with Gasteiger partial charge in [0, 0.05) is 11.5 Å². The van der Waals surface area contributed by atoms with Crippen LogP contribution in [0.5, 0.6) is 0 Å². The Morgan fingerprint density at radius 1 is 1.30 bits per heavy atom. The van der Waals surface area contributed by atoms with Gasteiger partial charge in [-0.15, -0.1) is 0 Å². The summed E-state index contributed by atoms with van der Waals surface area (Å²) in [4.78, 5) is 16.5. The molecule has 3 N–H and O–H groups in total. The van der Waals surface area contributed by atoms with Crippen LogP contribution >= 0.6 is 0 Å². The number of carbonyl (C=O) groups excluding carboxylic acids is 1. The van der Waals surface area contributed by atoms with Crippen molar-refractivity contribution in [3.8, 4) is 0 Å². The number of rotatable bonds is 3. The zero-order chi connectivity index (χ0) is 14.1. The van der Waals surface area contributed by atoms with E-state index in [1.165, 1.54) is 29.3 Å². The lowest BCUT2D eigenvalue weighted by molar-refractivity contribution is 0.100. The fourth-order valence-electron chi connectivity index (χ4n) is 1.80. The first-order valence-electron chi connectivity index (χ1n) is 5.79. The number of nitrogens with one attached hydrogen (secondary N) is 1. The van der Waals surface area contributed by atoms with Gasteiger partial charge in [0.2, 0.25) is 0 Å². The summed E-state index contributed by atoms with van der Waals surface area (Å²) in [5, 5.41) is 4.73. The second kappa shape index (κ2) is 4.61. The lowest BCUT2D eigenvalue weighted by atomic mass is 10.2. The van der Waals surface area contributed by atoms with E-state index in [0.717, 1.165) is 5.39 Å². The molecule has 1 amide bonds. The molecule has 20 heavy (non-hydrogen) atoms. The fourth-order valence-corrected chi connectivity index (χ4v) is 1.80. The zero-order valence-electron chi connectivity index (χ0n) is 10.2. The molecule has 0 spiro atoms. The molecule has 0 saturated carbocycles. The Bertz CT molecular complexity index is 798. The summed E-state index contributed by atoms with van der Waals surface area (Å²) >= 11 is 0. The van der Waals surface area contributed by atoms with Crippen LogP contribution in [0.25, 0.3) is 10.9 Å². The highest BCUT2D eigenvalue weighted by Crippen LogP contribution is 2.17. The van der Waals surface area contributed by atoms with Crippen LogP contribution in [-0.4, -0.2) is 20.8 Å². The Kier molecular flexibility index (Phi) is 2.79. The van der Waals surface area contributed by atoms with Gasteiger partial charge in [-0.1, -0.05) is 0 Å². The topological polar surface area (TPSA) is 85.8 Å². The van der Waals surface area contributed by atoms with Crippen LogP contribution in [0.15, 0.2) is 42.9 Å². The minimum absolute atomic E-state index is 0.299. The van der Waals surface area contributed by atoms with Crippen LogP contribution in [0.1, 0.15) is 10.4 Å². The van der Waals surface area contributed by atoms with E-state index in [4.69, 9.17) is 5.73 Å². The predicted octanol–water partition coefficient (Wildman–Crippen LogP) is 1.54. The van der Waals surface area contributed by atoms with E-state index in [-0.39, 0.29) is 5.82 Å². The molecule has 0 aliphatic heterocycles. The summed E-state index contributed by atoms with van der Waals surface area (Å²) < 4.78 is 13.0. The molecule has 0 unspecified atom stereocenters. The predicted molar refractivity (Wildman–Crippen MR) is 71.5 cm³/mol. The summed E-state index contributed by atoms with van der Waals surface area (Å²) in [6.45, 7) is 0. The molecule has 0 aliphatic carbocycles. The highest BCUT2D eigenvalue weighted by atomic mass is 19.1. The smallest absolute Gasteiger partial charge is 0.251 e. The number of anilines is 1. The van der Waals surface area contributed by atoms with Crippen molar-refractivity contribution >= 4 is 22.5 Å². The number of fused-ring (bicyclic) bond motifs is 1. The monoisotopic (exact) mass is 271 g/mol. The summed E-state index contributed by atoms with van der Waals surface area (Å²) in [6.07, 6.45) is 4.38. The molecule has 3 aromatic rings. The van der Waals surface area contributed by atoms with Crippen LogP contribution in [0, 0.1) is 5.82 Å². The maximum absolute atomic E-state index is 13.0. The van der Waals surface area contributed by atoms with Crippen LogP contribution in [0.2, 0.25) is 0 Å². The zero-order valence-corrected chi connectivity index (χ0v) is 10.2. The quantitative estimate of drug-likeness (QED) is 0.756. The van der Waals surface area contributed by atoms with Gasteiger partial charge in [0.25, 0.3) is 5.91 Å². The summed E-state index contributed by atoms with van der Waals surface area (Å²) in [7, 11) is 0. The minimum Gasteiger partial charge on any atom is -0.365 e. The van der Waals surface area contributed by atoms with Crippen LogP contribution in [0.3, 0.4) is 0 Å². The summed E-state index contributed by atoms with van der Waals surface area (Å²) in [5.74, 6) is -0.881. The number of aromatic nitrogens is 3. The fraction of sp³-hybridized carbons (Fsp3) is 0. The van der Waals surface area contributed by atoms with E-state index < -0.39 is 5.91 Å². The molecule has 3 rings (SSSR count). The number of pyridine rings is 1. The first-order valence-corrected chi connectivity index (χ1v) is 5.79. The van der Waals surface area contributed by atoms with Gasteiger partial charge in [-0.25, -0.2) is 4.39 Å². The van der Waals surface area contributed by atoms with Gasteiger partial charge in [-0.2, -0.15) is 9.89 Å². The second-order valence-electron chi connectivity index (χ2n) is 4.21. The minimum atomic E-state index is -0.551. The summed E-state index contributed by atoms with van der Waals surface area (Å²) in [6, 6.07) is 6.17. The van der Waals surface area contributed by atoms with E-state index in [0.29, 0.717) is 16.8 Å². The highest BCUT2D eigenvalue weighted by molar-refractivity contribution is 5.92. The highest BCUT2D eigenvalue weighted by Gasteiger charge is 2.05. The van der Waals surface area contributed by atoms with Crippen molar-refractivity contribution in [2.45, 2.75) is 0 Å². The van der Waals surface area contributed by atoms with E-state index in [2.05, 4.69) is 15.5 Å². The third-order valence-electron chi connectivity index (χ3n) is 2.76. The van der Waals surface area contributed by atoms with Crippen LogP contribution in [0.4, 0.5) is 10.1 Å². The van der Waals surface area contributed by atoms with Crippen LogP contribution < -0.4 is 11.2 Å². The maximum Gasteiger partial charge on any atom is 0.251 e. The Balaban J connectivity index is 1.90. The van der Waals surface area contributed by atoms with Gasteiger partial charge in [0.1, 0.15) is 5.82 Å². The van der Waals surface area contributed by atoms with E-state index >= 15 is 0 Å². The van der Waals surface area contributed by atoms with E-state index in [1.54, 1.807) is 18.3 Å². The Morgan fingerprint density at radius 2 is 2.15 bits per heavy atom. The molecular formula is C13H10FN5O. The Hall–Kier alpha value is -2.96. The van der Waals surface area contributed by atoms with Gasteiger partial charge in [0.15, 0.2) is 0 Å². The number of benzene rings is 1. The van der Waals surface area contributed by atoms with Crippen LogP contribution in [-0.2, 0) is 0 Å². The molecule has 0 aliphatic rings. The number of hydrogen-bond donors (Lipinski definition) is 2. The largest absolute Gasteiger partial charge is 0.365 e. The van der Waals surface area contributed by atoms with Crippen molar-refractivity contribution in [1.29, 1.82) is 0 Å². The molecule has 0 radical (unpaired) electrons. The van der Waals surface area contributed by atoms with Crippen molar-refractivity contribution < 1.29 is 9.18 Å². The lowest BCUT2D eigenvalue weighted by Gasteiger charge is -2.06. The van der Waals surface area contributed by atoms with E-state index in [9.17, 15) is 9.18 Å². The number of primary amides is 1. The molecule has 0 bridgehead atoms. The van der Waals surface area contributed by atoms with E-state index in [1.807, 2.05) is 0 Å².